The number of halogens is 6. The highest BCUT2D eigenvalue weighted by molar-refractivity contribution is 7.08. The number of hydrogen-bond acceptors (Lipinski definition) is 6. The molecule has 0 unspecified atom stereocenters. The van der Waals surface area contributed by atoms with Crippen molar-refractivity contribution in [3.63, 3.8) is 0 Å². The highest BCUT2D eigenvalue weighted by Crippen LogP contribution is 2.43. The van der Waals surface area contributed by atoms with Gasteiger partial charge in [0.05, 0.1) is 5.56 Å². The van der Waals surface area contributed by atoms with E-state index < -0.39 is 43.1 Å². The molecule has 0 saturated heterocycles. The van der Waals surface area contributed by atoms with Crippen LogP contribution in [0.2, 0.25) is 0 Å². The van der Waals surface area contributed by atoms with Crippen LogP contribution in [0.25, 0.3) is 0 Å². The lowest BCUT2D eigenvalue weighted by Crippen LogP contribution is -2.63. The van der Waals surface area contributed by atoms with Gasteiger partial charge in [0, 0.05) is 5.38 Å². The van der Waals surface area contributed by atoms with E-state index >= 15 is 0 Å². The molecule has 23 heavy (non-hydrogen) atoms. The number of alkyl halides is 6. The van der Waals surface area contributed by atoms with Gasteiger partial charge in [-0.25, -0.2) is 9.59 Å². The minimum Gasteiger partial charge on any atom is -0.459 e. The Morgan fingerprint density at radius 3 is 2.00 bits per heavy atom. The molecular weight excluding hydrogens is 358 g/mol. The maximum atomic E-state index is 12.3. The van der Waals surface area contributed by atoms with Gasteiger partial charge in [-0.15, -0.1) is 0 Å². The van der Waals surface area contributed by atoms with Crippen molar-refractivity contribution in [2.45, 2.75) is 18.0 Å². The molecule has 1 heterocycles. The van der Waals surface area contributed by atoms with Gasteiger partial charge in [0.1, 0.15) is 13.2 Å². The lowest BCUT2D eigenvalue weighted by Gasteiger charge is -2.29. The van der Waals surface area contributed by atoms with E-state index in [-0.39, 0.29) is 5.56 Å². The summed E-state index contributed by atoms with van der Waals surface area (Å²) in [5, 5.41) is 11.6. The van der Waals surface area contributed by atoms with E-state index in [1.54, 1.807) is 0 Å². The summed E-state index contributed by atoms with van der Waals surface area (Å²) >= 11 is 1.15. The number of hydrogen-bond donors (Lipinski definition) is 1. The SMILES string of the molecule is O=C(OCCOC(=O)C(O)(C(F)(F)F)C(F)(F)F)c1ccsc1. The fraction of sp³-hybridized carbons (Fsp3) is 0.455. The molecule has 12 heteroatoms. The molecule has 130 valence electrons. The fourth-order valence-electron chi connectivity index (χ4n) is 1.23. The Balaban J connectivity index is 2.59. The summed E-state index contributed by atoms with van der Waals surface area (Å²) in [7, 11) is 0. The van der Waals surface area contributed by atoms with Crippen LogP contribution < -0.4 is 0 Å². The topological polar surface area (TPSA) is 72.8 Å². The number of ether oxygens (including phenoxy) is 2. The average Bonchev–Trinajstić information content (AvgIpc) is 2.93. The van der Waals surface area contributed by atoms with Crippen LogP contribution in [0.3, 0.4) is 0 Å². The minimum atomic E-state index is -6.32. The molecule has 5 nitrogen and oxygen atoms in total. The Morgan fingerprint density at radius 1 is 1.04 bits per heavy atom. The molecule has 0 bridgehead atoms. The molecule has 0 spiro atoms. The first-order valence-corrected chi connectivity index (χ1v) is 6.58. The lowest BCUT2D eigenvalue weighted by molar-refractivity contribution is -0.357. The Kier molecular flexibility index (Phi) is 5.64. The highest BCUT2D eigenvalue weighted by Gasteiger charge is 2.76. The molecule has 1 aromatic rings. The van der Waals surface area contributed by atoms with Crippen LogP contribution in [0.1, 0.15) is 10.4 Å². The van der Waals surface area contributed by atoms with Gasteiger partial charge >= 0.3 is 29.9 Å². The predicted octanol–water partition coefficient (Wildman–Crippen LogP) is 2.30. The molecule has 0 fully saturated rings. The Morgan fingerprint density at radius 2 is 1.57 bits per heavy atom. The van der Waals surface area contributed by atoms with Crippen LogP contribution in [0, 0.1) is 0 Å². The zero-order valence-corrected chi connectivity index (χ0v) is 11.7. The second-order valence-electron chi connectivity index (χ2n) is 3.99. The predicted molar refractivity (Wildman–Crippen MR) is 62.6 cm³/mol. The molecule has 1 N–H and O–H groups in total. The van der Waals surface area contributed by atoms with Gasteiger partial charge in [0.25, 0.3) is 0 Å². The van der Waals surface area contributed by atoms with Crippen LogP contribution in [-0.4, -0.2) is 48.2 Å². The number of esters is 2. The molecule has 0 aromatic carbocycles. The number of carbonyl (C=O) groups is 2. The fourth-order valence-corrected chi connectivity index (χ4v) is 1.85. The van der Waals surface area contributed by atoms with Gasteiger partial charge < -0.3 is 14.6 Å². The molecule has 0 atom stereocenters. The number of aliphatic hydroxyl groups is 1. The molecule has 0 aliphatic carbocycles. The third-order valence-corrected chi connectivity index (χ3v) is 3.11. The minimum absolute atomic E-state index is 0.114. The summed E-state index contributed by atoms with van der Waals surface area (Å²) in [4.78, 5) is 22.3. The first-order valence-electron chi connectivity index (χ1n) is 5.63. The van der Waals surface area contributed by atoms with E-state index in [1.807, 2.05) is 0 Å². The summed E-state index contributed by atoms with van der Waals surface area (Å²) in [6.45, 7) is -1.88. The van der Waals surface area contributed by atoms with Gasteiger partial charge in [-0.2, -0.15) is 37.7 Å². The van der Waals surface area contributed by atoms with E-state index in [9.17, 15) is 35.9 Å². The average molecular weight is 366 g/mol. The summed E-state index contributed by atoms with van der Waals surface area (Å²) in [5.41, 5.74) is -5.54. The van der Waals surface area contributed by atoms with Crippen molar-refractivity contribution in [2.24, 2.45) is 0 Å². The molecule has 0 saturated carbocycles. The van der Waals surface area contributed by atoms with Gasteiger partial charge in [-0.05, 0) is 11.4 Å². The van der Waals surface area contributed by atoms with Crippen molar-refractivity contribution < 1.29 is 50.5 Å². The number of thiophene rings is 1. The normalized spacial score (nSPS) is 12.8. The van der Waals surface area contributed by atoms with Crippen LogP contribution in [0.15, 0.2) is 16.8 Å². The largest absolute Gasteiger partial charge is 0.459 e. The zero-order valence-electron chi connectivity index (χ0n) is 10.9. The third-order valence-electron chi connectivity index (χ3n) is 2.42. The van der Waals surface area contributed by atoms with Crippen LogP contribution >= 0.6 is 11.3 Å². The van der Waals surface area contributed by atoms with Crippen molar-refractivity contribution in [2.75, 3.05) is 13.2 Å². The Bertz CT molecular complexity index is 536. The summed E-state index contributed by atoms with van der Waals surface area (Å²) in [6.07, 6.45) is -12.6. The van der Waals surface area contributed by atoms with E-state index in [2.05, 4.69) is 9.47 Å². The molecule has 0 aliphatic heterocycles. The lowest BCUT2D eigenvalue weighted by atomic mass is 10.0. The Labute approximate surface area is 128 Å². The van der Waals surface area contributed by atoms with Gasteiger partial charge in [-0.3, -0.25) is 0 Å². The van der Waals surface area contributed by atoms with E-state index in [4.69, 9.17) is 5.11 Å². The van der Waals surface area contributed by atoms with Crippen molar-refractivity contribution in [1.82, 2.24) is 0 Å². The van der Waals surface area contributed by atoms with Gasteiger partial charge in [-0.1, -0.05) is 0 Å². The maximum Gasteiger partial charge on any atom is 0.437 e. The first kappa shape index (κ1) is 19.2. The van der Waals surface area contributed by atoms with Crippen molar-refractivity contribution in [3.8, 4) is 0 Å². The quantitative estimate of drug-likeness (QED) is 0.492. The van der Waals surface area contributed by atoms with Crippen LogP contribution in [0.5, 0.6) is 0 Å². The number of carbonyl (C=O) groups excluding carboxylic acids is 2. The zero-order chi connectivity index (χ0) is 17.9. The molecule has 1 aromatic heterocycles. The highest BCUT2D eigenvalue weighted by atomic mass is 32.1. The Hall–Kier alpha value is -1.82. The molecule has 0 aliphatic rings. The van der Waals surface area contributed by atoms with Crippen molar-refractivity contribution in [1.29, 1.82) is 0 Å². The van der Waals surface area contributed by atoms with E-state index in [1.165, 1.54) is 16.8 Å². The second-order valence-corrected chi connectivity index (χ2v) is 4.77. The summed E-state index contributed by atoms with van der Waals surface area (Å²) < 4.78 is 82.1. The monoisotopic (exact) mass is 366 g/mol. The van der Waals surface area contributed by atoms with E-state index in [0.717, 1.165) is 11.3 Å². The maximum absolute atomic E-state index is 12.3. The molecule has 0 amide bonds. The van der Waals surface area contributed by atoms with Crippen LogP contribution in [-0.2, 0) is 14.3 Å². The molecule has 0 radical (unpaired) electrons. The van der Waals surface area contributed by atoms with Crippen molar-refractivity contribution in [3.05, 3.63) is 22.4 Å². The molecule has 1 rings (SSSR count). The smallest absolute Gasteiger partial charge is 0.437 e. The second kappa shape index (κ2) is 6.74. The van der Waals surface area contributed by atoms with Gasteiger partial charge in [0.15, 0.2) is 0 Å². The molecular formula is C11H8F6O5S. The van der Waals surface area contributed by atoms with E-state index in [0.29, 0.717) is 0 Å². The van der Waals surface area contributed by atoms with Crippen molar-refractivity contribution >= 4 is 23.3 Å². The van der Waals surface area contributed by atoms with Gasteiger partial charge in [0.2, 0.25) is 0 Å². The van der Waals surface area contributed by atoms with Crippen LogP contribution in [0.4, 0.5) is 26.3 Å². The summed E-state index contributed by atoms with van der Waals surface area (Å²) in [5.74, 6) is -3.85. The number of rotatable bonds is 5. The standard InChI is InChI=1S/C11H8F6O5S/c12-10(13,14)9(20,11(15,16)17)8(19)22-3-2-21-7(18)6-1-4-23-5-6/h1,4-5,20H,2-3H2. The third kappa shape index (κ3) is 4.13. The first-order chi connectivity index (χ1) is 10.4. The summed E-state index contributed by atoms with van der Waals surface area (Å²) in [6, 6.07) is 1.37.